The molecule has 2 aliphatic rings. The van der Waals surface area contributed by atoms with Crippen LogP contribution >= 0.6 is 0 Å². The number of fused-ring (bicyclic) bond motifs is 1. The summed E-state index contributed by atoms with van der Waals surface area (Å²) in [5.74, 6) is 0.690. The van der Waals surface area contributed by atoms with Crippen LogP contribution in [0.25, 0.3) is 0 Å². The van der Waals surface area contributed by atoms with Gasteiger partial charge in [-0.25, -0.2) is 0 Å². The highest BCUT2D eigenvalue weighted by atomic mass is 16.3. The average molecular weight is 259 g/mol. The SMILES string of the molecule is OCCC1(CNCC2CCCc3ccccc32)CC1. The Labute approximate surface area is 116 Å². The minimum Gasteiger partial charge on any atom is -0.396 e. The predicted molar refractivity (Wildman–Crippen MR) is 78.4 cm³/mol. The molecule has 2 aliphatic carbocycles. The highest BCUT2D eigenvalue weighted by Gasteiger charge is 2.41. The normalized spacial score (nSPS) is 23.9. The van der Waals surface area contributed by atoms with E-state index in [4.69, 9.17) is 5.11 Å². The fourth-order valence-electron chi connectivity index (χ4n) is 3.51. The van der Waals surface area contributed by atoms with Gasteiger partial charge in [0.25, 0.3) is 0 Å². The van der Waals surface area contributed by atoms with E-state index in [-0.39, 0.29) is 0 Å². The lowest BCUT2D eigenvalue weighted by Crippen LogP contribution is -2.30. The van der Waals surface area contributed by atoms with E-state index in [2.05, 4.69) is 29.6 Å². The molecular weight excluding hydrogens is 234 g/mol. The second-order valence-electron chi connectivity index (χ2n) is 6.39. The molecular formula is C17H25NO. The molecule has 1 saturated carbocycles. The van der Waals surface area contributed by atoms with Crippen LogP contribution in [-0.4, -0.2) is 24.8 Å². The summed E-state index contributed by atoms with van der Waals surface area (Å²) in [5.41, 5.74) is 3.55. The van der Waals surface area contributed by atoms with E-state index >= 15 is 0 Å². The Balaban J connectivity index is 1.54. The number of nitrogens with one attached hydrogen (secondary N) is 1. The van der Waals surface area contributed by atoms with Gasteiger partial charge in [-0.3, -0.25) is 0 Å². The van der Waals surface area contributed by atoms with Gasteiger partial charge in [0.2, 0.25) is 0 Å². The highest BCUT2D eigenvalue weighted by molar-refractivity contribution is 5.32. The Kier molecular flexibility index (Phi) is 3.90. The molecule has 1 fully saturated rings. The van der Waals surface area contributed by atoms with Crippen LogP contribution in [0.3, 0.4) is 0 Å². The summed E-state index contributed by atoms with van der Waals surface area (Å²) in [6.45, 7) is 2.53. The second-order valence-corrected chi connectivity index (χ2v) is 6.39. The highest BCUT2D eigenvalue weighted by Crippen LogP contribution is 2.48. The van der Waals surface area contributed by atoms with E-state index in [1.165, 1.54) is 32.1 Å². The number of hydrogen-bond acceptors (Lipinski definition) is 2. The van der Waals surface area contributed by atoms with Crippen molar-refractivity contribution in [3.63, 3.8) is 0 Å². The maximum absolute atomic E-state index is 9.09. The Morgan fingerprint density at radius 3 is 2.89 bits per heavy atom. The van der Waals surface area contributed by atoms with E-state index in [0.717, 1.165) is 19.5 Å². The Hall–Kier alpha value is -0.860. The molecule has 0 aromatic heterocycles. The third-order valence-corrected chi connectivity index (χ3v) is 4.98. The van der Waals surface area contributed by atoms with Gasteiger partial charge in [-0.2, -0.15) is 0 Å². The van der Waals surface area contributed by atoms with Crippen LogP contribution < -0.4 is 5.32 Å². The zero-order valence-electron chi connectivity index (χ0n) is 11.7. The lowest BCUT2D eigenvalue weighted by molar-refractivity contribution is 0.244. The third kappa shape index (κ3) is 3.01. The zero-order chi connectivity index (χ0) is 13.1. The summed E-state index contributed by atoms with van der Waals surface area (Å²) in [5, 5.41) is 12.8. The van der Waals surface area contributed by atoms with Crippen LogP contribution in [0.5, 0.6) is 0 Å². The molecule has 0 saturated heterocycles. The minimum atomic E-state index is 0.341. The van der Waals surface area contributed by atoms with E-state index in [1.807, 2.05) is 0 Å². The molecule has 0 amide bonds. The van der Waals surface area contributed by atoms with Gasteiger partial charge < -0.3 is 10.4 Å². The van der Waals surface area contributed by atoms with Crippen molar-refractivity contribution in [2.75, 3.05) is 19.7 Å². The van der Waals surface area contributed by atoms with Crippen molar-refractivity contribution in [1.29, 1.82) is 0 Å². The minimum absolute atomic E-state index is 0.341. The van der Waals surface area contributed by atoms with E-state index in [1.54, 1.807) is 11.1 Å². The van der Waals surface area contributed by atoms with Crippen LogP contribution in [0, 0.1) is 5.41 Å². The summed E-state index contributed by atoms with van der Waals surface area (Å²) < 4.78 is 0. The molecule has 1 aromatic rings. The summed E-state index contributed by atoms with van der Waals surface area (Å²) in [4.78, 5) is 0. The zero-order valence-corrected chi connectivity index (χ0v) is 11.7. The summed E-state index contributed by atoms with van der Waals surface area (Å²) in [6.07, 6.45) is 7.45. The monoisotopic (exact) mass is 259 g/mol. The van der Waals surface area contributed by atoms with Crippen molar-refractivity contribution in [2.24, 2.45) is 5.41 Å². The molecule has 0 heterocycles. The van der Waals surface area contributed by atoms with Gasteiger partial charge in [0.15, 0.2) is 0 Å². The first-order valence-electron chi connectivity index (χ1n) is 7.72. The molecule has 3 rings (SSSR count). The van der Waals surface area contributed by atoms with Crippen molar-refractivity contribution in [2.45, 2.75) is 44.4 Å². The van der Waals surface area contributed by atoms with Gasteiger partial charge in [0.1, 0.15) is 0 Å². The molecule has 0 radical (unpaired) electrons. The second kappa shape index (κ2) is 5.64. The van der Waals surface area contributed by atoms with E-state index in [9.17, 15) is 0 Å². The van der Waals surface area contributed by atoms with Crippen LogP contribution in [0.15, 0.2) is 24.3 Å². The molecule has 19 heavy (non-hydrogen) atoms. The molecule has 2 heteroatoms. The first-order valence-corrected chi connectivity index (χ1v) is 7.72. The van der Waals surface area contributed by atoms with Gasteiger partial charge in [-0.15, -0.1) is 0 Å². The molecule has 0 bridgehead atoms. The van der Waals surface area contributed by atoms with Gasteiger partial charge in [0, 0.05) is 19.7 Å². The van der Waals surface area contributed by atoms with Crippen molar-refractivity contribution in [1.82, 2.24) is 5.32 Å². The standard InChI is InChI=1S/C17H25NO/c19-11-10-17(8-9-17)13-18-12-15-6-3-5-14-4-1-2-7-16(14)15/h1-2,4,7,15,18-19H,3,5-6,8-13H2. The topological polar surface area (TPSA) is 32.3 Å². The van der Waals surface area contributed by atoms with E-state index < -0.39 is 0 Å². The maximum atomic E-state index is 9.09. The smallest absolute Gasteiger partial charge is 0.0436 e. The van der Waals surface area contributed by atoms with Crippen LogP contribution in [0.4, 0.5) is 0 Å². The maximum Gasteiger partial charge on any atom is 0.0436 e. The summed E-state index contributed by atoms with van der Waals surface area (Å²) >= 11 is 0. The lowest BCUT2D eigenvalue weighted by atomic mass is 9.83. The Bertz CT molecular complexity index is 425. The van der Waals surface area contributed by atoms with Crippen molar-refractivity contribution < 1.29 is 5.11 Å². The van der Waals surface area contributed by atoms with Crippen LogP contribution in [-0.2, 0) is 6.42 Å². The molecule has 1 aromatic carbocycles. The van der Waals surface area contributed by atoms with Gasteiger partial charge in [-0.1, -0.05) is 24.3 Å². The van der Waals surface area contributed by atoms with Crippen molar-refractivity contribution >= 4 is 0 Å². The molecule has 1 atom stereocenters. The lowest BCUT2D eigenvalue weighted by Gasteiger charge is -2.26. The fourth-order valence-corrected chi connectivity index (χ4v) is 3.51. The number of benzene rings is 1. The molecule has 104 valence electrons. The number of hydrogen-bond donors (Lipinski definition) is 2. The molecule has 0 spiro atoms. The van der Waals surface area contributed by atoms with Crippen LogP contribution in [0.2, 0.25) is 0 Å². The first kappa shape index (κ1) is 13.1. The molecule has 2 N–H and O–H groups in total. The largest absolute Gasteiger partial charge is 0.396 e. The summed E-state index contributed by atoms with van der Waals surface area (Å²) in [7, 11) is 0. The average Bonchev–Trinajstić information content (AvgIpc) is 3.19. The van der Waals surface area contributed by atoms with Crippen molar-refractivity contribution in [3.05, 3.63) is 35.4 Å². The number of aliphatic hydroxyl groups excluding tert-OH is 1. The fraction of sp³-hybridized carbons (Fsp3) is 0.647. The summed E-state index contributed by atoms with van der Waals surface area (Å²) in [6, 6.07) is 8.93. The number of rotatable bonds is 6. The molecule has 0 aliphatic heterocycles. The Morgan fingerprint density at radius 2 is 2.11 bits per heavy atom. The quantitative estimate of drug-likeness (QED) is 0.823. The van der Waals surface area contributed by atoms with Gasteiger partial charge >= 0.3 is 0 Å². The first-order chi connectivity index (χ1) is 9.33. The predicted octanol–water partition coefficient (Wildman–Crippen LogP) is 2.86. The number of aliphatic hydroxyl groups is 1. The van der Waals surface area contributed by atoms with Gasteiger partial charge in [-0.05, 0) is 61.0 Å². The van der Waals surface area contributed by atoms with Gasteiger partial charge in [0.05, 0.1) is 0 Å². The van der Waals surface area contributed by atoms with Crippen molar-refractivity contribution in [3.8, 4) is 0 Å². The molecule has 1 unspecified atom stereocenters. The third-order valence-electron chi connectivity index (χ3n) is 4.98. The van der Waals surface area contributed by atoms with E-state index in [0.29, 0.717) is 17.9 Å². The van der Waals surface area contributed by atoms with Crippen LogP contribution in [0.1, 0.15) is 49.1 Å². The molecule has 2 nitrogen and oxygen atoms in total. The number of aryl methyl sites for hydroxylation is 1. The Morgan fingerprint density at radius 1 is 1.26 bits per heavy atom.